The molecule has 4 aliphatic rings. The van der Waals surface area contributed by atoms with Crippen molar-refractivity contribution in [2.75, 3.05) is 20.1 Å². The average molecular weight is 427 g/mol. The van der Waals surface area contributed by atoms with Crippen LogP contribution in [0.2, 0.25) is 0 Å². The number of likely N-dealkylation sites (N-methyl/N-ethyl adjacent to an activating group) is 1. The zero-order chi connectivity index (χ0) is 21.5. The monoisotopic (exact) mass is 426 g/mol. The molecule has 1 aromatic rings. The number of carbonyl (C=O) groups excluding carboxylic acids is 1. The molecule has 31 heavy (non-hydrogen) atoms. The summed E-state index contributed by atoms with van der Waals surface area (Å²) in [5.41, 5.74) is -0.802. The van der Waals surface area contributed by atoms with Crippen LogP contribution in [0, 0.1) is 17.8 Å². The number of fused-ring (bicyclic) bond motifs is 2. The zero-order valence-corrected chi connectivity index (χ0v) is 19.2. The van der Waals surface area contributed by atoms with E-state index in [2.05, 4.69) is 7.05 Å². The van der Waals surface area contributed by atoms with E-state index in [9.17, 15) is 9.90 Å². The average Bonchev–Trinajstić information content (AvgIpc) is 3.51. The van der Waals surface area contributed by atoms with Gasteiger partial charge in [-0.25, -0.2) is 4.79 Å². The molecule has 1 N–H and O–H groups in total. The van der Waals surface area contributed by atoms with E-state index in [1.54, 1.807) is 0 Å². The second-order valence-electron chi connectivity index (χ2n) is 11.2. The van der Waals surface area contributed by atoms with E-state index in [1.807, 2.05) is 30.3 Å². The van der Waals surface area contributed by atoms with Crippen LogP contribution in [0.5, 0.6) is 0 Å². The lowest BCUT2D eigenvalue weighted by molar-refractivity contribution is -0.930. The van der Waals surface area contributed by atoms with Crippen LogP contribution in [0.25, 0.3) is 0 Å². The Balaban J connectivity index is 1.34. The van der Waals surface area contributed by atoms with Crippen LogP contribution in [-0.4, -0.2) is 47.8 Å². The molecule has 3 aliphatic carbocycles. The fourth-order valence-corrected chi connectivity index (χ4v) is 7.67. The third-order valence-electron chi connectivity index (χ3n) is 9.24. The zero-order valence-electron chi connectivity index (χ0n) is 19.2. The van der Waals surface area contributed by atoms with Gasteiger partial charge >= 0.3 is 5.97 Å². The molecule has 170 valence electrons. The van der Waals surface area contributed by atoms with Gasteiger partial charge in [0.2, 0.25) is 0 Å². The Hall–Kier alpha value is -1.39. The van der Waals surface area contributed by atoms with E-state index in [4.69, 9.17) is 4.74 Å². The summed E-state index contributed by atoms with van der Waals surface area (Å²) in [6.07, 6.45) is 13.1. The largest absolute Gasteiger partial charge is 0.453 e. The fraction of sp³-hybridized carbons (Fsp3) is 0.741. The molecule has 1 saturated heterocycles. The first-order chi connectivity index (χ1) is 15.0. The highest BCUT2D eigenvalue weighted by Gasteiger charge is 2.60. The van der Waals surface area contributed by atoms with Crippen LogP contribution in [0.3, 0.4) is 0 Å². The molecule has 1 aliphatic heterocycles. The van der Waals surface area contributed by atoms with Crippen molar-refractivity contribution < 1.29 is 19.1 Å². The Morgan fingerprint density at radius 1 is 1.00 bits per heavy atom. The van der Waals surface area contributed by atoms with Gasteiger partial charge in [0.25, 0.3) is 0 Å². The predicted octanol–water partition coefficient (Wildman–Crippen LogP) is 4.80. The highest BCUT2D eigenvalue weighted by atomic mass is 16.6. The first-order valence-corrected chi connectivity index (χ1v) is 12.8. The number of likely N-dealkylation sites (tertiary alicyclic amines) is 1. The molecule has 0 radical (unpaired) electrons. The second kappa shape index (κ2) is 8.51. The minimum Gasteiger partial charge on any atom is -0.453 e. The van der Waals surface area contributed by atoms with Crippen molar-refractivity contribution >= 4 is 5.97 Å². The number of quaternary nitrogens is 1. The summed E-state index contributed by atoms with van der Waals surface area (Å²) in [5.74, 6) is 0.850. The van der Waals surface area contributed by atoms with Gasteiger partial charge < -0.3 is 14.3 Å². The van der Waals surface area contributed by atoms with Crippen molar-refractivity contribution in [1.82, 2.24) is 0 Å². The fourth-order valence-electron chi connectivity index (χ4n) is 7.67. The smallest absolute Gasteiger partial charge is 0.343 e. The molecular weight excluding hydrogens is 386 g/mol. The highest BCUT2D eigenvalue weighted by molar-refractivity contribution is 5.82. The number of piperidine rings is 1. The lowest BCUT2D eigenvalue weighted by Gasteiger charge is -2.41. The Labute approximate surface area is 187 Å². The molecule has 5 rings (SSSR count). The summed E-state index contributed by atoms with van der Waals surface area (Å²) in [7, 11) is 2.40. The van der Waals surface area contributed by atoms with Crippen molar-refractivity contribution in [2.45, 2.75) is 88.4 Å². The number of aliphatic hydroxyl groups is 1. The molecule has 0 spiro atoms. The lowest BCUT2D eigenvalue weighted by atomic mass is 9.80. The van der Waals surface area contributed by atoms with Crippen LogP contribution < -0.4 is 0 Å². The summed E-state index contributed by atoms with van der Waals surface area (Å²) in [6.45, 7) is 2.37. The van der Waals surface area contributed by atoms with E-state index in [-0.39, 0.29) is 12.0 Å². The van der Waals surface area contributed by atoms with E-state index in [0.29, 0.717) is 17.5 Å². The molecule has 3 saturated carbocycles. The summed E-state index contributed by atoms with van der Waals surface area (Å²) in [5, 5.41) is 11.8. The van der Waals surface area contributed by atoms with Crippen molar-refractivity contribution in [2.24, 2.45) is 17.8 Å². The molecule has 5 atom stereocenters. The van der Waals surface area contributed by atoms with Crippen LogP contribution in [0.15, 0.2) is 30.3 Å². The van der Waals surface area contributed by atoms with Crippen LogP contribution in [0.4, 0.5) is 0 Å². The molecule has 1 aromatic carbocycles. The SMILES string of the molecule is C[N+]1(CC2CCCCC2)CC2CC[C@@H]1C2OC(=O)C(O)(c1ccccc1)C1CCCC1. The molecular formula is C27H40NO3+. The van der Waals surface area contributed by atoms with E-state index in [1.165, 1.54) is 38.6 Å². The molecule has 0 amide bonds. The van der Waals surface area contributed by atoms with Gasteiger partial charge in [0, 0.05) is 18.3 Å². The van der Waals surface area contributed by atoms with Crippen molar-refractivity contribution in [3.63, 3.8) is 0 Å². The standard InChI is InChI=1S/C27H40NO3/c1-28(18-20-10-4-2-5-11-20)19-21-16-17-24(28)25(21)31-26(29)27(30,23-14-8-9-15-23)22-12-6-3-7-13-22/h3,6-7,12-13,20-21,23-25,30H,2,4-5,8-11,14-19H2,1H3/q+1/t21?,24-,25?,27?,28?/m1/s1. The number of esters is 1. The summed E-state index contributed by atoms with van der Waals surface area (Å²) in [6, 6.07) is 9.97. The predicted molar refractivity (Wildman–Crippen MR) is 121 cm³/mol. The van der Waals surface area contributed by atoms with Crippen molar-refractivity contribution in [1.29, 1.82) is 0 Å². The number of ether oxygens (including phenoxy) is 1. The van der Waals surface area contributed by atoms with Gasteiger partial charge in [-0.1, -0.05) is 62.4 Å². The quantitative estimate of drug-likeness (QED) is 0.525. The number of benzene rings is 1. The Bertz CT molecular complexity index is 770. The third-order valence-corrected chi connectivity index (χ3v) is 9.24. The molecule has 2 bridgehead atoms. The lowest BCUT2D eigenvalue weighted by Crippen LogP contribution is -2.54. The van der Waals surface area contributed by atoms with Crippen molar-refractivity contribution in [3.05, 3.63) is 35.9 Å². The van der Waals surface area contributed by atoms with Gasteiger partial charge in [0.1, 0.15) is 6.04 Å². The molecule has 4 nitrogen and oxygen atoms in total. The maximum atomic E-state index is 13.6. The van der Waals surface area contributed by atoms with Gasteiger partial charge in [-0.3, -0.25) is 0 Å². The first-order valence-electron chi connectivity index (χ1n) is 12.8. The Morgan fingerprint density at radius 2 is 1.68 bits per heavy atom. The number of nitrogens with zero attached hydrogens (tertiary/aromatic N) is 1. The number of carbonyl (C=O) groups is 1. The minimum atomic E-state index is -1.51. The Kier molecular flexibility index (Phi) is 5.89. The summed E-state index contributed by atoms with van der Waals surface area (Å²) in [4.78, 5) is 13.6. The van der Waals surface area contributed by atoms with Crippen LogP contribution >= 0.6 is 0 Å². The van der Waals surface area contributed by atoms with E-state index >= 15 is 0 Å². The van der Waals surface area contributed by atoms with Gasteiger partial charge in [-0.05, 0) is 37.7 Å². The number of rotatable bonds is 6. The Morgan fingerprint density at radius 3 is 2.39 bits per heavy atom. The third kappa shape index (κ3) is 3.84. The van der Waals surface area contributed by atoms with Gasteiger partial charge in [0.15, 0.2) is 11.7 Å². The van der Waals surface area contributed by atoms with E-state index in [0.717, 1.165) is 55.5 Å². The van der Waals surface area contributed by atoms with Gasteiger partial charge in [-0.2, -0.15) is 0 Å². The van der Waals surface area contributed by atoms with Gasteiger partial charge in [-0.15, -0.1) is 0 Å². The first kappa shape index (κ1) is 21.5. The minimum absolute atomic E-state index is 0.0299. The maximum Gasteiger partial charge on any atom is 0.343 e. The highest BCUT2D eigenvalue weighted by Crippen LogP contribution is 2.47. The molecule has 4 unspecified atom stereocenters. The summed E-state index contributed by atoms with van der Waals surface area (Å²) < 4.78 is 7.38. The summed E-state index contributed by atoms with van der Waals surface area (Å²) >= 11 is 0. The molecule has 1 heterocycles. The number of hydrogen-bond donors (Lipinski definition) is 1. The molecule has 4 heteroatoms. The second-order valence-corrected chi connectivity index (χ2v) is 11.2. The number of hydrogen-bond acceptors (Lipinski definition) is 3. The topological polar surface area (TPSA) is 46.5 Å². The van der Waals surface area contributed by atoms with E-state index < -0.39 is 11.6 Å². The molecule has 0 aromatic heterocycles. The van der Waals surface area contributed by atoms with Crippen LogP contribution in [0.1, 0.15) is 76.2 Å². The van der Waals surface area contributed by atoms with Gasteiger partial charge in [0.05, 0.1) is 26.1 Å². The van der Waals surface area contributed by atoms with Crippen molar-refractivity contribution in [3.8, 4) is 0 Å². The maximum absolute atomic E-state index is 13.6. The molecule has 4 fully saturated rings. The normalized spacial score (nSPS) is 35.9. The van der Waals surface area contributed by atoms with Crippen LogP contribution in [-0.2, 0) is 15.1 Å².